The van der Waals surface area contributed by atoms with Gasteiger partial charge in [0.05, 0.1) is 4.92 Å². The van der Waals surface area contributed by atoms with Crippen LogP contribution in [0.25, 0.3) is 0 Å². The highest BCUT2D eigenvalue weighted by Gasteiger charge is 2.16. The lowest BCUT2D eigenvalue weighted by molar-refractivity contribution is -0.384. The summed E-state index contributed by atoms with van der Waals surface area (Å²) in [4.78, 5) is 31.8. The summed E-state index contributed by atoms with van der Waals surface area (Å²) in [5.41, 5.74) is 10.1. The predicted molar refractivity (Wildman–Crippen MR) is 68.5 cm³/mol. The summed E-state index contributed by atoms with van der Waals surface area (Å²) in [7, 11) is 0. The number of hydrogen-bond acceptors (Lipinski definition) is 5. The van der Waals surface area contributed by atoms with Gasteiger partial charge in [0.25, 0.3) is 5.69 Å². The fourth-order valence-electron chi connectivity index (χ4n) is 1.47. The van der Waals surface area contributed by atoms with E-state index < -0.39 is 16.7 Å². The van der Waals surface area contributed by atoms with Gasteiger partial charge in [0.2, 0.25) is 11.8 Å². The molecule has 0 bridgehead atoms. The van der Waals surface area contributed by atoms with Crippen LogP contribution in [0.1, 0.15) is 23.2 Å². The molecule has 1 aromatic carbocycles. The molecule has 102 valence electrons. The van der Waals surface area contributed by atoms with Gasteiger partial charge in [-0.2, -0.15) is 0 Å². The minimum atomic E-state index is -0.733. The summed E-state index contributed by atoms with van der Waals surface area (Å²) in [6.45, 7) is 0.361. The van der Waals surface area contributed by atoms with E-state index in [0.29, 0.717) is 13.0 Å². The molecule has 8 nitrogen and oxygen atoms in total. The molecule has 0 spiro atoms. The summed E-state index contributed by atoms with van der Waals surface area (Å²) in [6, 6.07) is 3.91. The van der Waals surface area contributed by atoms with Crippen LogP contribution in [0.2, 0.25) is 0 Å². The van der Waals surface area contributed by atoms with Crippen molar-refractivity contribution in [2.75, 3.05) is 11.9 Å². The van der Waals surface area contributed by atoms with Gasteiger partial charge >= 0.3 is 0 Å². The molecule has 2 amide bonds. The number of nitro groups is 1. The molecule has 8 heteroatoms. The lowest BCUT2D eigenvalue weighted by Gasteiger charge is -2.07. The van der Waals surface area contributed by atoms with Crippen molar-refractivity contribution in [1.29, 1.82) is 0 Å². The zero-order valence-electron chi connectivity index (χ0n) is 10.1. The van der Waals surface area contributed by atoms with Crippen LogP contribution in [0.15, 0.2) is 18.2 Å². The van der Waals surface area contributed by atoms with Crippen LogP contribution in [0.3, 0.4) is 0 Å². The molecular weight excluding hydrogens is 252 g/mol. The van der Waals surface area contributed by atoms with E-state index in [1.54, 1.807) is 0 Å². The first-order chi connectivity index (χ1) is 8.91. The molecule has 5 N–H and O–H groups in total. The Hall–Kier alpha value is -2.64. The highest BCUT2D eigenvalue weighted by atomic mass is 16.6. The zero-order chi connectivity index (χ0) is 14.4. The molecule has 0 aromatic heterocycles. The first kappa shape index (κ1) is 14.4. The quantitative estimate of drug-likeness (QED) is 0.371. The molecule has 0 saturated heterocycles. The van der Waals surface area contributed by atoms with Crippen LogP contribution in [-0.2, 0) is 4.79 Å². The van der Waals surface area contributed by atoms with E-state index >= 15 is 0 Å². The molecule has 1 aromatic rings. The molecule has 0 saturated carbocycles. The molecule has 0 aliphatic carbocycles. The van der Waals surface area contributed by atoms with E-state index in [4.69, 9.17) is 11.5 Å². The second kappa shape index (κ2) is 6.34. The number of nitrogens with zero attached hydrogens (tertiary/aromatic N) is 1. The van der Waals surface area contributed by atoms with E-state index in [1.165, 1.54) is 12.1 Å². The number of benzene rings is 1. The monoisotopic (exact) mass is 266 g/mol. The molecule has 0 aliphatic rings. The summed E-state index contributed by atoms with van der Waals surface area (Å²) in [5, 5.41) is 13.7. The Morgan fingerprint density at radius 3 is 2.53 bits per heavy atom. The van der Waals surface area contributed by atoms with Gasteiger partial charge in [-0.15, -0.1) is 0 Å². The van der Waals surface area contributed by atoms with Gasteiger partial charge < -0.3 is 16.8 Å². The average Bonchev–Trinajstić information content (AvgIpc) is 2.34. The minimum Gasteiger partial charge on any atom is -0.379 e. The maximum Gasteiger partial charge on any atom is 0.293 e. The Labute approximate surface area is 108 Å². The molecule has 0 radical (unpaired) electrons. The highest BCUT2D eigenvalue weighted by molar-refractivity contribution is 5.94. The zero-order valence-corrected chi connectivity index (χ0v) is 10.1. The fraction of sp³-hybridized carbons (Fsp3) is 0.273. The maximum atomic E-state index is 11.0. The SMILES string of the molecule is NC(=O)CCCNc1ccc(C(N)=O)cc1[N+](=O)[O-]. The van der Waals surface area contributed by atoms with Crippen LogP contribution >= 0.6 is 0 Å². The number of amides is 2. The molecule has 0 heterocycles. The largest absolute Gasteiger partial charge is 0.379 e. The number of hydrogen-bond donors (Lipinski definition) is 3. The molecule has 0 atom stereocenters. The summed E-state index contributed by atoms with van der Waals surface area (Å²) in [5.74, 6) is -1.16. The first-order valence-corrected chi connectivity index (χ1v) is 5.52. The third-order valence-electron chi connectivity index (χ3n) is 2.39. The third-order valence-corrected chi connectivity index (χ3v) is 2.39. The number of carbonyl (C=O) groups excluding carboxylic acids is 2. The van der Waals surface area contributed by atoms with Crippen molar-refractivity contribution in [3.63, 3.8) is 0 Å². The van der Waals surface area contributed by atoms with Gasteiger partial charge in [0.1, 0.15) is 5.69 Å². The minimum absolute atomic E-state index is 0.0642. The highest BCUT2D eigenvalue weighted by Crippen LogP contribution is 2.25. The predicted octanol–water partition coefficient (Wildman–Crippen LogP) is 0.371. The van der Waals surface area contributed by atoms with Crippen molar-refractivity contribution in [2.24, 2.45) is 11.5 Å². The molecular formula is C11H14N4O4. The lowest BCUT2D eigenvalue weighted by Crippen LogP contribution is -2.14. The van der Waals surface area contributed by atoms with Crippen LogP contribution in [-0.4, -0.2) is 23.3 Å². The van der Waals surface area contributed by atoms with E-state index in [0.717, 1.165) is 6.07 Å². The van der Waals surface area contributed by atoms with Gasteiger partial charge in [-0.3, -0.25) is 19.7 Å². The number of anilines is 1. The first-order valence-electron chi connectivity index (χ1n) is 5.52. The topological polar surface area (TPSA) is 141 Å². The van der Waals surface area contributed by atoms with Gasteiger partial charge in [0, 0.05) is 24.6 Å². The Balaban J connectivity index is 2.79. The molecule has 0 unspecified atom stereocenters. The van der Waals surface area contributed by atoms with E-state index in [2.05, 4.69) is 5.32 Å². The molecule has 19 heavy (non-hydrogen) atoms. The van der Waals surface area contributed by atoms with Gasteiger partial charge in [-0.05, 0) is 18.6 Å². The van der Waals surface area contributed by atoms with E-state index in [-0.39, 0.29) is 23.4 Å². The Kier molecular flexibility index (Phi) is 4.81. The van der Waals surface area contributed by atoms with E-state index in [9.17, 15) is 19.7 Å². The normalized spacial score (nSPS) is 9.89. The van der Waals surface area contributed by atoms with Gasteiger partial charge in [-0.1, -0.05) is 0 Å². The van der Waals surface area contributed by atoms with Crippen molar-refractivity contribution < 1.29 is 14.5 Å². The van der Waals surface area contributed by atoms with Crippen molar-refractivity contribution in [1.82, 2.24) is 0 Å². The van der Waals surface area contributed by atoms with Crippen LogP contribution in [0.5, 0.6) is 0 Å². The Morgan fingerprint density at radius 2 is 2.00 bits per heavy atom. The number of carbonyl (C=O) groups is 2. The molecule has 1 rings (SSSR count). The van der Waals surface area contributed by atoms with Crippen molar-refractivity contribution in [2.45, 2.75) is 12.8 Å². The molecule has 0 aliphatic heterocycles. The van der Waals surface area contributed by atoms with Crippen LogP contribution in [0.4, 0.5) is 11.4 Å². The van der Waals surface area contributed by atoms with Crippen molar-refractivity contribution >= 4 is 23.2 Å². The van der Waals surface area contributed by atoms with Gasteiger partial charge in [0.15, 0.2) is 0 Å². The average molecular weight is 266 g/mol. The lowest BCUT2D eigenvalue weighted by atomic mass is 10.1. The van der Waals surface area contributed by atoms with Crippen molar-refractivity contribution in [3.05, 3.63) is 33.9 Å². The smallest absolute Gasteiger partial charge is 0.293 e. The number of nitrogens with one attached hydrogen (secondary N) is 1. The van der Waals surface area contributed by atoms with E-state index in [1.807, 2.05) is 0 Å². The molecule has 0 fully saturated rings. The standard InChI is InChI=1S/C11H14N4O4/c12-10(16)2-1-5-14-8-4-3-7(11(13)17)6-9(8)15(18)19/h3-4,6,14H,1-2,5H2,(H2,12,16)(H2,13,17). The Morgan fingerprint density at radius 1 is 1.32 bits per heavy atom. The Bertz CT molecular complexity index is 515. The number of primary amides is 2. The second-order valence-electron chi connectivity index (χ2n) is 3.85. The maximum absolute atomic E-state index is 11.0. The fourth-order valence-corrected chi connectivity index (χ4v) is 1.47. The third kappa shape index (κ3) is 4.26. The summed E-state index contributed by atoms with van der Waals surface area (Å²) >= 11 is 0. The number of nitro benzene ring substituents is 1. The second-order valence-corrected chi connectivity index (χ2v) is 3.85. The number of nitrogens with two attached hydrogens (primary N) is 2. The van der Waals surface area contributed by atoms with Crippen LogP contribution in [0, 0.1) is 10.1 Å². The number of rotatable bonds is 7. The van der Waals surface area contributed by atoms with Gasteiger partial charge in [-0.25, -0.2) is 0 Å². The van der Waals surface area contributed by atoms with Crippen molar-refractivity contribution in [3.8, 4) is 0 Å². The summed E-state index contributed by atoms with van der Waals surface area (Å²) in [6.07, 6.45) is 0.657. The van der Waals surface area contributed by atoms with Crippen LogP contribution < -0.4 is 16.8 Å². The summed E-state index contributed by atoms with van der Waals surface area (Å²) < 4.78 is 0.